The van der Waals surface area contributed by atoms with E-state index in [1.165, 1.54) is 0 Å². The Balaban J connectivity index is 2.13. The first-order chi connectivity index (χ1) is 9.20. The third-order valence-electron chi connectivity index (χ3n) is 2.58. The lowest BCUT2D eigenvalue weighted by Gasteiger charge is -2.20. The molecule has 1 aromatic heterocycles. The summed E-state index contributed by atoms with van der Waals surface area (Å²) in [5, 5.41) is 7.82. The van der Waals surface area contributed by atoms with Crippen molar-refractivity contribution in [3.05, 3.63) is 45.4 Å². The smallest absolute Gasteiger partial charge is 0.285 e. The van der Waals surface area contributed by atoms with Gasteiger partial charge < -0.3 is 4.90 Å². The Hall–Kier alpha value is -1.46. The molecule has 0 aliphatic heterocycles. The zero-order valence-electron chi connectivity index (χ0n) is 10.5. The summed E-state index contributed by atoms with van der Waals surface area (Å²) in [4.78, 5) is 14.1. The highest BCUT2D eigenvalue weighted by Gasteiger charge is 2.19. The zero-order valence-corrected chi connectivity index (χ0v) is 12.1. The van der Waals surface area contributed by atoms with Crippen molar-refractivity contribution < 1.29 is 4.79 Å². The van der Waals surface area contributed by atoms with Crippen molar-refractivity contribution in [3.63, 3.8) is 0 Å². The second-order valence-electron chi connectivity index (χ2n) is 4.07. The van der Waals surface area contributed by atoms with E-state index in [0.29, 0.717) is 22.6 Å². The molecule has 100 valence electrons. The summed E-state index contributed by atoms with van der Waals surface area (Å²) in [5.74, 6) is -0.116. The van der Waals surface area contributed by atoms with E-state index in [0.717, 1.165) is 23.3 Å². The molecule has 6 heteroatoms. The molecule has 0 aliphatic carbocycles. The molecule has 0 aliphatic rings. The lowest BCUT2D eigenvalue weighted by Crippen LogP contribution is -2.31. The molecule has 2 aromatic rings. The van der Waals surface area contributed by atoms with Crippen LogP contribution in [0, 0.1) is 0 Å². The molecule has 0 saturated heterocycles. The summed E-state index contributed by atoms with van der Waals surface area (Å²) >= 11 is 6.83. The predicted octanol–water partition coefficient (Wildman–Crippen LogP) is 3.24. The maximum Gasteiger partial charge on any atom is 0.285 e. The fourth-order valence-corrected chi connectivity index (χ4v) is 2.55. The molecule has 1 heterocycles. The number of amides is 1. The van der Waals surface area contributed by atoms with Crippen LogP contribution in [0.15, 0.2) is 30.3 Å². The molecule has 4 nitrogen and oxygen atoms in total. The second kappa shape index (κ2) is 6.63. The summed E-state index contributed by atoms with van der Waals surface area (Å²) in [6, 6.07) is 9.89. The minimum Gasteiger partial charge on any atom is -0.332 e. The third kappa shape index (κ3) is 3.75. The normalized spacial score (nSPS) is 10.4. The number of hydrogen-bond acceptors (Lipinski definition) is 4. The highest BCUT2D eigenvalue weighted by Crippen LogP contribution is 2.18. The van der Waals surface area contributed by atoms with E-state index in [-0.39, 0.29) is 5.91 Å². The molecular formula is C13H14ClN3OS. The highest BCUT2D eigenvalue weighted by atomic mass is 35.5. The van der Waals surface area contributed by atoms with Crippen LogP contribution in [-0.4, -0.2) is 27.5 Å². The van der Waals surface area contributed by atoms with Crippen LogP contribution in [0.1, 0.15) is 28.7 Å². The van der Waals surface area contributed by atoms with Gasteiger partial charge in [0.05, 0.1) is 0 Å². The minimum absolute atomic E-state index is 0.116. The van der Waals surface area contributed by atoms with Crippen molar-refractivity contribution in [1.82, 2.24) is 15.1 Å². The quantitative estimate of drug-likeness (QED) is 0.850. The van der Waals surface area contributed by atoms with Gasteiger partial charge in [-0.2, -0.15) is 0 Å². The Morgan fingerprint density at radius 1 is 1.32 bits per heavy atom. The standard InChI is InChI=1S/C13H14ClN3OS/c1-2-8-17(9-10-6-4-3-5-7-10)12(18)11-15-16-13(14)19-11/h3-7H,2,8-9H2,1H3. The fraction of sp³-hybridized carbons (Fsp3) is 0.308. The molecule has 0 N–H and O–H groups in total. The van der Waals surface area contributed by atoms with Gasteiger partial charge in [-0.15, -0.1) is 10.2 Å². The van der Waals surface area contributed by atoms with Gasteiger partial charge in [0.15, 0.2) is 0 Å². The van der Waals surface area contributed by atoms with Crippen LogP contribution < -0.4 is 0 Å². The predicted molar refractivity (Wildman–Crippen MR) is 76.4 cm³/mol. The zero-order chi connectivity index (χ0) is 13.7. The monoisotopic (exact) mass is 295 g/mol. The van der Waals surface area contributed by atoms with E-state index in [9.17, 15) is 4.79 Å². The molecule has 0 atom stereocenters. The van der Waals surface area contributed by atoms with Gasteiger partial charge in [-0.1, -0.05) is 48.6 Å². The number of benzene rings is 1. The summed E-state index contributed by atoms with van der Waals surface area (Å²) < 4.78 is 0.291. The van der Waals surface area contributed by atoms with Crippen molar-refractivity contribution in [1.29, 1.82) is 0 Å². The van der Waals surface area contributed by atoms with Crippen molar-refractivity contribution >= 4 is 28.8 Å². The van der Waals surface area contributed by atoms with Crippen LogP contribution >= 0.6 is 22.9 Å². The van der Waals surface area contributed by atoms with E-state index in [1.807, 2.05) is 37.3 Å². The average molecular weight is 296 g/mol. The van der Waals surface area contributed by atoms with Gasteiger partial charge in [0.1, 0.15) is 0 Å². The first kappa shape index (κ1) is 14.0. The topological polar surface area (TPSA) is 46.1 Å². The second-order valence-corrected chi connectivity index (χ2v) is 5.63. The SMILES string of the molecule is CCCN(Cc1ccccc1)C(=O)c1nnc(Cl)s1. The first-order valence-corrected chi connectivity index (χ1v) is 7.22. The van der Waals surface area contributed by atoms with Crippen LogP contribution in [0.3, 0.4) is 0 Å². The fourth-order valence-electron chi connectivity index (χ4n) is 1.75. The largest absolute Gasteiger partial charge is 0.332 e. The van der Waals surface area contributed by atoms with E-state index in [1.54, 1.807) is 4.90 Å². The number of carbonyl (C=O) groups excluding carboxylic acids is 1. The summed E-state index contributed by atoms with van der Waals surface area (Å²) in [5.41, 5.74) is 1.10. The lowest BCUT2D eigenvalue weighted by atomic mass is 10.2. The van der Waals surface area contributed by atoms with E-state index in [2.05, 4.69) is 10.2 Å². The molecule has 0 saturated carbocycles. The van der Waals surface area contributed by atoms with Gasteiger partial charge in [-0.05, 0) is 23.6 Å². The Bertz CT molecular complexity index is 544. The van der Waals surface area contributed by atoms with Gasteiger partial charge in [0, 0.05) is 13.1 Å². The molecule has 19 heavy (non-hydrogen) atoms. The van der Waals surface area contributed by atoms with Crippen LogP contribution in [0.25, 0.3) is 0 Å². The molecule has 0 bridgehead atoms. The average Bonchev–Trinajstić information content (AvgIpc) is 2.85. The van der Waals surface area contributed by atoms with Crippen LogP contribution in [-0.2, 0) is 6.54 Å². The van der Waals surface area contributed by atoms with Crippen LogP contribution in [0.2, 0.25) is 4.47 Å². The molecular weight excluding hydrogens is 282 g/mol. The number of carbonyl (C=O) groups is 1. The Kier molecular flexibility index (Phi) is 4.87. The number of rotatable bonds is 5. The van der Waals surface area contributed by atoms with Gasteiger partial charge >= 0.3 is 0 Å². The van der Waals surface area contributed by atoms with Crippen molar-refractivity contribution in [2.75, 3.05) is 6.54 Å². The van der Waals surface area contributed by atoms with Gasteiger partial charge in [0.2, 0.25) is 9.47 Å². The first-order valence-electron chi connectivity index (χ1n) is 6.03. The lowest BCUT2D eigenvalue weighted by molar-refractivity contribution is 0.0742. The summed E-state index contributed by atoms with van der Waals surface area (Å²) in [6.07, 6.45) is 0.894. The van der Waals surface area contributed by atoms with Crippen molar-refractivity contribution in [2.24, 2.45) is 0 Å². The van der Waals surface area contributed by atoms with Gasteiger partial charge in [0.25, 0.3) is 5.91 Å². The maximum atomic E-state index is 12.3. The number of aromatic nitrogens is 2. The third-order valence-corrected chi connectivity index (χ3v) is 3.59. The number of halogens is 1. The van der Waals surface area contributed by atoms with E-state index < -0.39 is 0 Å². The Labute approximate surface area is 121 Å². The maximum absolute atomic E-state index is 12.3. The van der Waals surface area contributed by atoms with Gasteiger partial charge in [-0.25, -0.2) is 0 Å². The highest BCUT2D eigenvalue weighted by molar-refractivity contribution is 7.17. The molecule has 2 rings (SSSR count). The molecule has 1 aromatic carbocycles. The Morgan fingerprint density at radius 2 is 2.05 bits per heavy atom. The minimum atomic E-state index is -0.116. The van der Waals surface area contributed by atoms with Crippen LogP contribution in [0.4, 0.5) is 0 Å². The van der Waals surface area contributed by atoms with Crippen molar-refractivity contribution in [2.45, 2.75) is 19.9 Å². The summed E-state index contributed by atoms with van der Waals surface area (Å²) in [6.45, 7) is 3.30. The van der Waals surface area contributed by atoms with Crippen LogP contribution in [0.5, 0.6) is 0 Å². The summed E-state index contributed by atoms with van der Waals surface area (Å²) in [7, 11) is 0. The van der Waals surface area contributed by atoms with E-state index in [4.69, 9.17) is 11.6 Å². The van der Waals surface area contributed by atoms with E-state index >= 15 is 0 Å². The molecule has 0 fully saturated rings. The molecule has 1 amide bonds. The van der Waals surface area contributed by atoms with Gasteiger partial charge in [-0.3, -0.25) is 4.79 Å². The number of nitrogens with zero attached hydrogens (tertiary/aromatic N) is 3. The molecule has 0 radical (unpaired) electrons. The van der Waals surface area contributed by atoms with Crippen molar-refractivity contribution in [3.8, 4) is 0 Å². The Morgan fingerprint density at radius 3 is 2.63 bits per heavy atom. The molecule has 0 spiro atoms. The molecule has 0 unspecified atom stereocenters. The number of hydrogen-bond donors (Lipinski definition) is 0.